The lowest BCUT2D eigenvalue weighted by molar-refractivity contribution is 0.574. The highest BCUT2D eigenvalue weighted by atomic mass is 127. The fraction of sp³-hybridized carbons (Fsp3) is 0.200. The molecular formula is C15H15ClIN. The van der Waals surface area contributed by atoms with Crippen molar-refractivity contribution in [1.82, 2.24) is 5.32 Å². The molecule has 0 bridgehead atoms. The summed E-state index contributed by atoms with van der Waals surface area (Å²) >= 11 is 8.27. The van der Waals surface area contributed by atoms with E-state index in [1.165, 1.54) is 11.1 Å². The number of hydrogen-bond acceptors (Lipinski definition) is 1. The average Bonchev–Trinajstić information content (AvgIpc) is 2.41. The highest BCUT2D eigenvalue weighted by Gasteiger charge is 2.04. The molecule has 2 rings (SSSR count). The summed E-state index contributed by atoms with van der Waals surface area (Å²) in [4.78, 5) is 0. The summed E-state index contributed by atoms with van der Waals surface area (Å²) in [5, 5.41) is 4.33. The van der Waals surface area contributed by atoms with Crippen LogP contribution in [-0.4, -0.2) is 0 Å². The molecule has 0 aliphatic carbocycles. The van der Waals surface area contributed by atoms with Crippen LogP contribution in [0.2, 0.25) is 5.02 Å². The molecule has 0 heterocycles. The molecule has 2 aromatic carbocycles. The van der Waals surface area contributed by atoms with Crippen molar-refractivity contribution >= 4 is 34.2 Å². The topological polar surface area (TPSA) is 12.0 Å². The van der Waals surface area contributed by atoms with E-state index in [0.717, 1.165) is 15.1 Å². The molecule has 1 atom stereocenters. The van der Waals surface area contributed by atoms with E-state index in [2.05, 4.69) is 71.2 Å². The maximum Gasteiger partial charge on any atom is 0.0539 e. The SMILES string of the molecule is C[C@@H](NCc1ccc(Cl)c(I)c1)c1ccccc1. The molecule has 0 fully saturated rings. The third-order valence-electron chi connectivity index (χ3n) is 2.90. The lowest BCUT2D eigenvalue weighted by Gasteiger charge is -2.14. The molecule has 3 heteroatoms. The predicted octanol–water partition coefficient (Wildman–Crippen LogP) is 4.80. The van der Waals surface area contributed by atoms with E-state index < -0.39 is 0 Å². The summed E-state index contributed by atoms with van der Waals surface area (Å²) in [6.07, 6.45) is 0. The second kappa shape index (κ2) is 6.55. The van der Waals surface area contributed by atoms with Gasteiger partial charge in [-0.15, -0.1) is 0 Å². The van der Waals surface area contributed by atoms with E-state index >= 15 is 0 Å². The largest absolute Gasteiger partial charge is 0.306 e. The Kier molecular flexibility index (Phi) is 5.03. The maximum atomic E-state index is 6.01. The Hall–Kier alpha value is -0.580. The monoisotopic (exact) mass is 371 g/mol. The van der Waals surface area contributed by atoms with Crippen molar-refractivity contribution in [2.24, 2.45) is 0 Å². The first-order valence-corrected chi connectivity index (χ1v) is 7.35. The van der Waals surface area contributed by atoms with Crippen LogP contribution in [0.3, 0.4) is 0 Å². The van der Waals surface area contributed by atoms with Crippen LogP contribution in [0.4, 0.5) is 0 Å². The fourth-order valence-corrected chi connectivity index (χ4v) is 2.48. The zero-order valence-corrected chi connectivity index (χ0v) is 13.1. The first kappa shape index (κ1) is 13.8. The average molecular weight is 372 g/mol. The molecule has 0 aliphatic rings. The second-order valence-electron chi connectivity index (χ2n) is 4.26. The molecule has 2 aromatic rings. The molecule has 94 valence electrons. The van der Waals surface area contributed by atoms with Crippen molar-refractivity contribution in [1.29, 1.82) is 0 Å². The molecule has 0 amide bonds. The van der Waals surface area contributed by atoms with Crippen molar-refractivity contribution in [3.8, 4) is 0 Å². The Bertz CT molecular complexity index is 513. The van der Waals surface area contributed by atoms with Gasteiger partial charge >= 0.3 is 0 Å². The minimum Gasteiger partial charge on any atom is -0.306 e. The van der Waals surface area contributed by atoms with Crippen molar-refractivity contribution in [3.05, 3.63) is 68.3 Å². The summed E-state index contributed by atoms with van der Waals surface area (Å²) in [6.45, 7) is 3.03. The van der Waals surface area contributed by atoms with Crippen LogP contribution >= 0.6 is 34.2 Å². The Labute approximate surface area is 127 Å². The van der Waals surface area contributed by atoms with Crippen LogP contribution < -0.4 is 5.32 Å². The van der Waals surface area contributed by atoms with Crippen LogP contribution in [0.15, 0.2) is 48.5 Å². The highest BCUT2D eigenvalue weighted by Crippen LogP contribution is 2.20. The molecule has 0 unspecified atom stereocenters. The normalized spacial score (nSPS) is 12.4. The van der Waals surface area contributed by atoms with Crippen molar-refractivity contribution in [2.45, 2.75) is 19.5 Å². The molecule has 0 spiro atoms. The van der Waals surface area contributed by atoms with Gasteiger partial charge in [0.05, 0.1) is 5.02 Å². The minimum atomic E-state index is 0.347. The van der Waals surface area contributed by atoms with Crippen molar-refractivity contribution in [3.63, 3.8) is 0 Å². The van der Waals surface area contributed by atoms with E-state index in [1.807, 2.05) is 12.1 Å². The number of benzene rings is 2. The van der Waals surface area contributed by atoms with Gasteiger partial charge in [0.2, 0.25) is 0 Å². The molecular weight excluding hydrogens is 357 g/mol. The van der Waals surface area contributed by atoms with Gasteiger partial charge in [0.15, 0.2) is 0 Å². The third-order valence-corrected chi connectivity index (χ3v) is 4.44. The molecule has 0 radical (unpaired) electrons. The van der Waals surface area contributed by atoms with Crippen molar-refractivity contribution < 1.29 is 0 Å². The van der Waals surface area contributed by atoms with Crippen LogP contribution in [-0.2, 0) is 6.54 Å². The van der Waals surface area contributed by atoms with Gasteiger partial charge in [0, 0.05) is 16.2 Å². The van der Waals surface area contributed by atoms with Crippen LogP contribution in [0, 0.1) is 3.57 Å². The van der Waals surface area contributed by atoms with E-state index in [0.29, 0.717) is 6.04 Å². The van der Waals surface area contributed by atoms with Crippen molar-refractivity contribution in [2.75, 3.05) is 0 Å². The molecule has 1 N–H and O–H groups in total. The minimum absolute atomic E-state index is 0.347. The molecule has 1 nitrogen and oxygen atoms in total. The quantitative estimate of drug-likeness (QED) is 0.762. The maximum absolute atomic E-state index is 6.01. The fourth-order valence-electron chi connectivity index (χ4n) is 1.78. The number of nitrogens with one attached hydrogen (secondary N) is 1. The molecule has 18 heavy (non-hydrogen) atoms. The first-order valence-electron chi connectivity index (χ1n) is 5.89. The van der Waals surface area contributed by atoms with E-state index in [1.54, 1.807) is 0 Å². The predicted molar refractivity (Wildman–Crippen MR) is 85.9 cm³/mol. The van der Waals surface area contributed by atoms with Crippen LogP contribution in [0.5, 0.6) is 0 Å². The zero-order chi connectivity index (χ0) is 13.0. The van der Waals surface area contributed by atoms with E-state index in [-0.39, 0.29) is 0 Å². The highest BCUT2D eigenvalue weighted by molar-refractivity contribution is 14.1. The van der Waals surface area contributed by atoms with E-state index in [4.69, 9.17) is 11.6 Å². The molecule has 0 aromatic heterocycles. The smallest absolute Gasteiger partial charge is 0.0539 e. The summed E-state index contributed by atoms with van der Waals surface area (Å²) in [5.41, 5.74) is 2.56. The zero-order valence-electron chi connectivity index (χ0n) is 10.2. The third kappa shape index (κ3) is 3.70. The Balaban J connectivity index is 1.97. The van der Waals surface area contributed by atoms with E-state index in [9.17, 15) is 0 Å². The second-order valence-corrected chi connectivity index (χ2v) is 5.83. The Morgan fingerprint density at radius 2 is 1.89 bits per heavy atom. The lowest BCUT2D eigenvalue weighted by Crippen LogP contribution is -2.18. The summed E-state index contributed by atoms with van der Waals surface area (Å²) in [7, 11) is 0. The first-order chi connectivity index (χ1) is 8.66. The van der Waals surface area contributed by atoms with Gasteiger partial charge in [-0.1, -0.05) is 48.0 Å². The van der Waals surface area contributed by atoms with Gasteiger partial charge in [-0.3, -0.25) is 0 Å². The lowest BCUT2D eigenvalue weighted by atomic mass is 10.1. The number of rotatable bonds is 4. The molecule has 0 saturated carbocycles. The van der Waals surface area contributed by atoms with Gasteiger partial charge in [-0.25, -0.2) is 0 Å². The van der Waals surface area contributed by atoms with Crippen LogP contribution in [0.1, 0.15) is 24.1 Å². The Morgan fingerprint density at radius 1 is 1.17 bits per heavy atom. The van der Waals surface area contributed by atoms with Gasteiger partial charge < -0.3 is 5.32 Å². The van der Waals surface area contributed by atoms with Gasteiger partial charge in [0.25, 0.3) is 0 Å². The summed E-state index contributed by atoms with van der Waals surface area (Å²) in [6, 6.07) is 16.9. The summed E-state index contributed by atoms with van der Waals surface area (Å²) in [5.74, 6) is 0. The number of hydrogen-bond donors (Lipinski definition) is 1. The van der Waals surface area contributed by atoms with Gasteiger partial charge in [0.1, 0.15) is 0 Å². The Morgan fingerprint density at radius 3 is 2.56 bits per heavy atom. The van der Waals surface area contributed by atoms with Gasteiger partial charge in [-0.05, 0) is 52.8 Å². The number of halogens is 2. The molecule has 0 saturated heterocycles. The summed E-state index contributed by atoms with van der Waals surface area (Å²) < 4.78 is 1.10. The van der Waals surface area contributed by atoms with Crippen LogP contribution in [0.25, 0.3) is 0 Å². The van der Waals surface area contributed by atoms with Gasteiger partial charge in [-0.2, -0.15) is 0 Å². The standard InChI is InChI=1S/C15H15ClIN/c1-11(13-5-3-2-4-6-13)18-10-12-7-8-14(16)15(17)9-12/h2-9,11,18H,10H2,1H3/t11-/m1/s1. The molecule has 0 aliphatic heterocycles.